The summed E-state index contributed by atoms with van der Waals surface area (Å²) in [7, 11) is 0. The minimum Gasteiger partial charge on any atom is -0.480 e. The Balaban J connectivity index is 1.22. The number of hydrogen-bond donors (Lipinski definition) is 3. The summed E-state index contributed by atoms with van der Waals surface area (Å²) < 4.78 is 0. The highest BCUT2D eigenvalue weighted by Crippen LogP contribution is 2.26. The maximum absolute atomic E-state index is 10.9. The zero-order chi connectivity index (χ0) is 22.5. The molecule has 4 rings (SSSR count). The number of hydroxylamine groups is 1. The highest BCUT2D eigenvalue weighted by atomic mass is 16.7. The standard InChI is InChI=1S/C23H36N6O3/c1-17-13-29(14-18(2)25-17)24-12-19-3-5-20(6-4-19)22-11-21(32-26-22)15-27-7-9-28(10-8-27)16-23(30)31/h3-6,12,17-18,21-22,25-26H,7-11,13-16H2,1-2H3,(H,30,31)/t17-,18+,21?,22?. The summed E-state index contributed by atoms with van der Waals surface area (Å²) in [5.41, 5.74) is 5.52. The van der Waals surface area contributed by atoms with Crippen LogP contribution in [0.1, 0.15) is 37.4 Å². The quantitative estimate of drug-likeness (QED) is 0.531. The van der Waals surface area contributed by atoms with Crippen molar-refractivity contribution in [1.82, 2.24) is 25.6 Å². The lowest BCUT2D eigenvalue weighted by Gasteiger charge is -2.34. The van der Waals surface area contributed by atoms with Crippen LogP contribution in [-0.2, 0) is 9.63 Å². The van der Waals surface area contributed by atoms with E-state index in [9.17, 15) is 4.79 Å². The van der Waals surface area contributed by atoms with Crippen molar-refractivity contribution in [1.29, 1.82) is 0 Å². The second-order valence-electron chi connectivity index (χ2n) is 9.37. The van der Waals surface area contributed by atoms with E-state index >= 15 is 0 Å². The van der Waals surface area contributed by atoms with E-state index in [1.165, 1.54) is 5.56 Å². The molecule has 4 atom stereocenters. The Kier molecular flexibility index (Phi) is 7.75. The first-order valence-corrected chi connectivity index (χ1v) is 11.7. The van der Waals surface area contributed by atoms with Gasteiger partial charge in [0.25, 0.3) is 0 Å². The average Bonchev–Trinajstić information content (AvgIpc) is 3.21. The van der Waals surface area contributed by atoms with Gasteiger partial charge in [0.1, 0.15) is 0 Å². The number of piperazine rings is 2. The zero-order valence-electron chi connectivity index (χ0n) is 19.1. The second-order valence-corrected chi connectivity index (χ2v) is 9.37. The van der Waals surface area contributed by atoms with E-state index in [-0.39, 0.29) is 18.7 Å². The van der Waals surface area contributed by atoms with Gasteiger partial charge in [0.05, 0.1) is 38.0 Å². The van der Waals surface area contributed by atoms with Gasteiger partial charge in [-0.05, 0) is 31.4 Å². The smallest absolute Gasteiger partial charge is 0.317 e. The molecule has 3 aliphatic heterocycles. The van der Waals surface area contributed by atoms with Crippen LogP contribution in [0.5, 0.6) is 0 Å². The zero-order valence-corrected chi connectivity index (χ0v) is 19.1. The van der Waals surface area contributed by atoms with Crippen molar-refractivity contribution in [3.63, 3.8) is 0 Å². The third kappa shape index (κ3) is 6.49. The van der Waals surface area contributed by atoms with Crippen LogP contribution in [0.2, 0.25) is 0 Å². The van der Waals surface area contributed by atoms with Crippen LogP contribution in [0.4, 0.5) is 0 Å². The first-order valence-electron chi connectivity index (χ1n) is 11.7. The molecular weight excluding hydrogens is 408 g/mol. The number of rotatable bonds is 7. The molecule has 176 valence electrons. The summed E-state index contributed by atoms with van der Waals surface area (Å²) in [6, 6.07) is 9.63. The van der Waals surface area contributed by atoms with E-state index in [1.807, 2.05) is 11.1 Å². The van der Waals surface area contributed by atoms with Crippen molar-refractivity contribution < 1.29 is 14.7 Å². The lowest BCUT2D eigenvalue weighted by atomic mass is 10.0. The molecule has 0 aromatic heterocycles. The molecule has 0 amide bonds. The van der Waals surface area contributed by atoms with E-state index < -0.39 is 5.97 Å². The molecular formula is C23H36N6O3. The SMILES string of the molecule is C[C@@H]1CN(N=Cc2ccc(C3CC(CN4CCN(CC(=O)O)CC4)ON3)cc2)C[C@H](C)N1. The van der Waals surface area contributed by atoms with Gasteiger partial charge in [-0.25, -0.2) is 0 Å². The van der Waals surface area contributed by atoms with E-state index in [0.29, 0.717) is 12.1 Å². The molecule has 32 heavy (non-hydrogen) atoms. The lowest BCUT2D eigenvalue weighted by molar-refractivity contribution is -0.138. The first kappa shape index (κ1) is 23.1. The predicted octanol–water partition coefficient (Wildman–Crippen LogP) is 0.740. The molecule has 9 nitrogen and oxygen atoms in total. The number of nitrogens with one attached hydrogen (secondary N) is 2. The summed E-state index contributed by atoms with van der Waals surface area (Å²) in [5.74, 6) is -0.755. The summed E-state index contributed by atoms with van der Waals surface area (Å²) in [5, 5.41) is 19.3. The van der Waals surface area contributed by atoms with Gasteiger partial charge < -0.3 is 10.4 Å². The average molecular weight is 445 g/mol. The molecule has 2 unspecified atom stereocenters. The molecule has 0 aliphatic carbocycles. The van der Waals surface area contributed by atoms with Crippen molar-refractivity contribution in [3.8, 4) is 0 Å². The highest BCUT2D eigenvalue weighted by Gasteiger charge is 2.29. The molecule has 0 spiro atoms. The molecule has 1 aromatic rings. The van der Waals surface area contributed by atoms with Crippen molar-refractivity contribution in [2.24, 2.45) is 5.10 Å². The van der Waals surface area contributed by atoms with Crippen molar-refractivity contribution in [2.45, 2.75) is 44.5 Å². The molecule has 3 aliphatic rings. The number of aliphatic carboxylic acids is 1. The maximum atomic E-state index is 10.9. The van der Waals surface area contributed by atoms with Gasteiger partial charge in [0.15, 0.2) is 0 Å². The van der Waals surface area contributed by atoms with Crippen molar-refractivity contribution in [2.75, 3.05) is 52.4 Å². The fourth-order valence-corrected chi connectivity index (χ4v) is 4.82. The van der Waals surface area contributed by atoms with Gasteiger partial charge in [-0.15, -0.1) is 0 Å². The Morgan fingerprint density at radius 1 is 1.12 bits per heavy atom. The maximum Gasteiger partial charge on any atom is 0.317 e. The van der Waals surface area contributed by atoms with Gasteiger partial charge in [-0.3, -0.25) is 24.4 Å². The number of carboxylic acids is 1. The van der Waals surface area contributed by atoms with Crippen LogP contribution in [0.25, 0.3) is 0 Å². The number of benzene rings is 1. The van der Waals surface area contributed by atoms with Gasteiger partial charge in [0, 0.05) is 44.8 Å². The summed E-state index contributed by atoms with van der Waals surface area (Å²) >= 11 is 0. The molecule has 9 heteroatoms. The molecule has 1 aromatic carbocycles. The van der Waals surface area contributed by atoms with Crippen LogP contribution in [0.15, 0.2) is 29.4 Å². The molecule has 0 radical (unpaired) electrons. The van der Waals surface area contributed by atoms with Crippen LogP contribution < -0.4 is 10.8 Å². The molecule has 3 fully saturated rings. The van der Waals surface area contributed by atoms with E-state index in [2.05, 4.69) is 63.9 Å². The van der Waals surface area contributed by atoms with Crippen LogP contribution >= 0.6 is 0 Å². The predicted molar refractivity (Wildman–Crippen MR) is 124 cm³/mol. The lowest BCUT2D eigenvalue weighted by Crippen LogP contribution is -2.52. The monoisotopic (exact) mass is 444 g/mol. The Morgan fingerprint density at radius 3 is 2.44 bits per heavy atom. The van der Waals surface area contributed by atoms with Gasteiger partial charge in [-0.2, -0.15) is 10.6 Å². The van der Waals surface area contributed by atoms with Crippen molar-refractivity contribution in [3.05, 3.63) is 35.4 Å². The minimum absolute atomic E-state index is 0.131. The number of hydrogen-bond acceptors (Lipinski definition) is 8. The topological polar surface area (TPSA) is 92.7 Å². The summed E-state index contributed by atoms with van der Waals surface area (Å²) in [4.78, 5) is 21.1. The normalized spacial score (nSPS) is 30.2. The molecule has 0 bridgehead atoms. The van der Waals surface area contributed by atoms with Crippen molar-refractivity contribution >= 4 is 12.2 Å². The number of hydrazone groups is 1. The Labute approximate surface area is 190 Å². The van der Waals surface area contributed by atoms with Crippen LogP contribution in [0, 0.1) is 0 Å². The fraction of sp³-hybridized carbons (Fsp3) is 0.652. The van der Waals surface area contributed by atoms with Crippen LogP contribution in [-0.4, -0.2) is 103 Å². The second kappa shape index (κ2) is 10.7. The Hall–Kier alpha value is -2.04. The van der Waals surface area contributed by atoms with E-state index in [0.717, 1.165) is 57.8 Å². The van der Waals surface area contributed by atoms with E-state index in [1.54, 1.807) is 0 Å². The first-order chi connectivity index (χ1) is 15.4. The molecule has 3 saturated heterocycles. The van der Waals surface area contributed by atoms with Gasteiger partial charge in [0.2, 0.25) is 0 Å². The third-order valence-electron chi connectivity index (χ3n) is 6.41. The van der Waals surface area contributed by atoms with Gasteiger partial charge in [-0.1, -0.05) is 24.3 Å². The number of carbonyl (C=O) groups is 1. The van der Waals surface area contributed by atoms with E-state index in [4.69, 9.17) is 9.94 Å². The molecule has 0 saturated carbocycles. The number of nitrogens with zero attached hydrogens (tertiary/aromatic N) is 4. The van der Waals surface area contributed by atoms with Gasteiger partial charge >= 0.3 is 5.97 Å². The highest BCUT2D eigenvalue weighted by molar-refractivity contribution is 5.79. The third-order valence-corrected chi connectivity index (χ3v) is 6.41. The summed E-state index contributed by atoms with van der Waals surface area (Å²) in [6.45, 7) is 10.6. The largest absolute Gasteiger partial charge is 0.480 e. The Bertz CT molecular complexity index is 770. The molecule has 3 N–H and O–H groups in total. The Morgan fingerprint density at radius 2 is 1.78 bits per heavy atom. The summed E-state index contributed by atoms with van der Waals surface area (Å²) in [6.07, 6.45) is 3.02. The minimum atomic E-state index is -0.755. The molecule has 3 heterocycles. The number of carboxylic acid groups (broad SMARTS) is 1. The van der Waals surface area contributed by atoms with Crippen LogP contribution in [0.3, 0.4) is 0 Å². The fourth-order valence-electron chi connectivity index (χ4n) is 4.82.